The number of hydrogen-bond donors (Lipinski definition) is 1. The van der Waals surface area contributed by atoms with E-state index in [1.54, 1.807) is 0 Å². The molecule has 1 fully saturated rings. The van der Waals surface area contributed by atoms with Crippen molar-refractivity contribution in [1.29, 1.82) is 0 Å². The molecule has 3 heteroatoms. The van der Waals surface area contributed by atoms with Crippen molar-refractivity contribution in [2.75, 3.05) is 5.32 Å². The lowest BCUT2D eigenvalue weighted by Gasteiger charge is -2.06. The second-order valence-electron chi connectivity index (χ2n) is 5.87. The van der Waals surface area contributed by atoms with Crippen LogP contribution >= 0.6 is 15.9 Å². The Hall–Kier alpha value is -0.830. The summed E-state index contributed by atoms with van der Waals surface area (Å²) < 4.78 is 1.02. The average Bonchev–Trinajstić information content (AvgIpc) is 2.61. The van der Waals surface area contributed by atoms with Gasteiger partial charge in [0.2, 0.25) is 5.91 Å². The summed E-state index contributed by atoms with van der Waals surface area (Å²) in [7, 11) is 0. The Balaban J connectivity index is 2.07. The van der Waals surface area contributed by atoms with Gasteiger partial charge in [-0.25, -0.2) is 0 Å². The topological polar surface area (TPSA) is 29.1 Å². The van der Waals surface area contributed by atoms with Crippen LogP contribution in [-0.2, 0) is 4.79 Å². The molecular weight excluding hydrogens is 278 g/mol. The lowest BCUT2D eigenvalue weighted by Crippen LogP contribution is -2.17. The number of nitrogens with one attached hydrogen (secondary N) is 1. The third-order valence-electron chi connectivity index (χ3n) is 4.39. The van der Waals surface area contributed by atoms with E-state index in [-0.39, 0.29) is 22.7 Å². The standard InChI is InChI=1S/C14H18BrNO/c1-13(2)11(14(13,3)4)12(17)16-10-7-5-9(15)6-8-10/h5-8,11H,1-4H3,(H,16,17). The van der Waals surface area contributed by atoms with Gasteiger partial charge in [-0.3, -0.25) is 4.79 Å². The molecular formula is C14H18BrNO. The van der Waals surface area contributed by atoms with Crippen LogP contribution in [0.1, 0.15) is 27.7 Å². The van der Waals surface area contributed by atoms with Gasteiger partial charge in [0.1, 0.15) is 0 Å². The fourth-order valence-electron chi connectivity index (χ4n) is 2.60. The van der Waals surface area contributed by atoms with Crippen LogP contribution in [0.4, 0.5) is 5.69 Å². The Morgan fingerprint density at radius 2 is 1.59 bits per heavy atom. The molecule has 0 aromatic heterocycles. The number of benzene rings is 1. The van der Waals surface area contributed by atoms with Crippen LogP contribution in [0.2, 0.25) is 0 Å². The van der Waals surface area contributed by atoms with Crippen LogP contribution in [-0.4, -0.2) is 5.91 Å². The normalized spacial score (nSPS) is 21.0. The van der Waals surface area contributed by atoms with Crippen molar-refractivity contribution in [1.82, 2.24) is 0 Å². The first-order valence-corrected chi connectivity index (χ1v) is 6.62. The molecule has 92 valence electrons. The molecule has 0 saturated heterocycles. The van der Waals surface area contributed by atoms with Gasteiger partial charge >= 0.3 is 0 Å². The van der Waals surface area contributed by atoms with Crippen molar-refractivity contribution in [3.8, 4) is 0 Å². The zero-order chi connectivity index (χ0) is 12.8. The van der Waals surface area contributed by atoms with Gasteiger partial charge in [0, 0.05) is 16.1 Å². The highest BCUT2D eigenvalue weighted by atomic mass is 79.9. The van der Waals surface area contributed by atoms with Gasteiger partial charge in [-0.05, 0) is 35.1 Å². The average molecular weight is 296 g/mol. The molecule has 1 aliphatic rings. The Labute approximate surface area is 111 Å². The van der Waals surface area contributed by atoms with Crippen molar-refractivity contribution < 1.29 is 4.79 Å². The molecule has 1 aromatic rings. The molecule has 2 rings (SSSR count). The van der Waals surface area contributed by atoms with E-state index in [2.05, 4.69) is 48.9 Å². The first-order valence-electron chi connectivity index (χ1n) is 5.83. The summed E-state index contributed by atoms with van der Waals surface area (Å²) in [6.07, 6.45) is 0. The van der Waals surface area contributed by atoms with Crippen molar-refractivity contribution in [3.05, 3.63) is 28.7 Å². The molecule has 0 aliphatic heterocycles. The van der Waals surface area contributed by atoms with E-state index in [1.807, 2.05) is 24.3 Å². The summed E-state index contributed by atoms with van der Waals surface area (Å²) in [5, 5.41) is 2.98. The maximum Gasteiger partial charge on any atom is 0.228 e. The lowest BCUT2D eigenvalue weighted by atomic mass is 10.0. The van der Waals surface area contributed by atoms with Gasteiger partial charge in [0.25, 0.3) is 0 Å². The predicted molar refractivity (Wildman–Crippen MR) is 73.8 cm³/mol. The van der Waals surface area contributed by atoms with Crippen molar-refractivity contribution in [2.45, 2.75) is 27.7 Å². The maximum absolute atomic E-state index is 12.2. The van der Waals surface area contributed by atoms with Crippen LogP contribution < -0.4 is 5.32 Å². The smallest absolute Gasteiger partial charge is 0.228 e. The highest BCUT2D eigenvalue weighted by molar-refractivity contribution is 9.10. The Morgan fingerprint density at radius 1 is 1.12 bits per heavy atom. The second-order valence-corrected chi connectivity index (χ2v) is 6.79. The molecule has 0 spiro atoms. The molecule has 0 bridgehead atoms. The number of carbonyl (C=O) groups is 1. The van der Waals surface area contributed by atoms with Crippen LogP contribution in [0.15, 0.2) is 28.7 Å². The summed E-state index contributed by atoms with van der Waals surface area (Å²) in [5.41, 5.74) is 1.04. The Bertz CT molecular complexity index is 434. The van der Waals surface area contributed by atoms with E-state index in [4.69, 9.17) is 0 Å². The van der Waals surface area contributed by atoms with E-state index in [0.29, 0.717) is 0 Å². The second kappa shape index (κ2) is 3.84. The largest absolute Gasteiger partial charge is 0.326 e. The number of amides is 1. The zero-order valence-corrected chi connectivity index (χ0v) is 12.3. The Morgan fingerprint density at radius 3 is 2.00 bits per heavy atom. The summed E-state index contributed by atoms with van der Waals surface area (Å²) in [4.78, 5) is 12.2. The molecule has 0 atom stereocenters. The quantitative estimate of drug-likeness (QED) is 0.875. The van der Waals surface area contributed by atoms with E-state index in [1.165, 1.54) is 0 Å². The molecule has 1 N–H and O–H groups in total. The van der Waals surface area contributed by atoms with Gasteiger partial charge in [-0.2, -0.15) is 0 Å². The van der Waals surface area contributed by atoms with Crippen LogP contribution in [0.5, 0.6) is 0 Å². The summed E-state index contributed by atoms with van der Waals surface area (Å²) in [6.45, 7) is 8.61. The highest BCUT2D eigenvalue weighted by Gasteiger charge is 2.68. The van der Waals surface area contributed by atoms with Crippen molar-refractivity contribution in [3.63, 3.8) is 0 Å². The fourth-order valence-corrected chi connectivity index (χ4v) is 2.86. The number of hydrogen-bond acceptors (Lipinski definition) is 1. The fraction of sp³-hybridized carbons (Fsp3) is 0.500. The van der Waals surface area contributed by atoms with Gasteiger partial charge in [0.15, 0.2) is 0 Å². The number of carbonyl (C=O) groups excluding carboxylic acids is 1. The van der Waals surface area contributed by atoms with Crippen molar-refractivity contribution >= 4 is 27.5 Å². The van der Waals surface area contributed by atoms with E-state index < -0.39 is 0 Å². The van der Waals surface area contributed by atoms with Crippen LogP contribution in [0.3, 0.4) is 0 Å². The third-order valence-corrected chi connectivity index (χ3v) is 4.92. The van der Waals surface area contributed by atoms with Crippen LogP contribution in [0, 0.1) is 16.7 Å². The van der Waals surface area contributed by atoms with Gasteiger partial charge in [-0.1, -0.05) is 43.6 Å². The number of halogens is 1. The maximum atomic E-state index is 12.2. The minimum absolute atomic E-state index is 0.0897. The van der Waals surface area contributed by atoms with Gasteiger partial charge in [-0.15, -0.1) is 0 Å². The Kier molecular flexibility index (Phi) is 2.85. The lowest BCUT2D eigenvalue weighted by molar-refractivity contribution is -0.118. The predicted octanol–water partition coefficient (Wildman–Crippen LogP) is 4.07. The molecule has 1 amide bonds. The van der Waals surface area contributed by atoms with Gasteiger partial charge in [0.05, 0.1) is 0 Å². The summed E-state index contributed by atoms with van der Waals surface area (Å²) in [6, 6.07) is 7.67. The third kappa shape index (κ3) is 2.01. The summed E-state index contributed by atoms with van der Waals surface area (Å²) >= 11 is 3.38. The minimum atomic E-state index is 0.0897. The van der Waals surface area contributed by atoms with E-state index in [0.717, 1.165) is 10.2 Å². The highest BCUT2D eigenvalue weighted by Crippen LogP contribution is 2.68. The molecule has 2 nitrogen and oxygen atoms in total. The molecule has 0 heterocycles. The first kappa shape index (κ1) is 12.6. The molecule has 1 aliphatic carbocycles. The summed E-state index contributed by atoms with van der Waals surface area (Å²) in [5.74, 6) is 0.223. The minimum Gasteiger partial charge on any atom is -0.326 e. The zero-order valence-electron chi connectivity index (χ0n) is 10.7. The molecule has 1 aromatic carbocycles. The molecule has 0 radical (unpaired) electrons. The van der Waals surface area contributed by atoms with Crippen molar-refractivity contribution in [2.24, 2.45) is 16.7 Å². The van der Waals surface area contributed by atoms with E-state index >= 15 is 0 Å². The van der Waals surface area contributed by atoms with E-state index in [9.17, 15) is 4.79 Å². The molecule has 0 unspecified atom stereocenters. The van der Waals surface area contributed by atoms with Crippen LogP contribution in [0.25, 0.3) is 0 Å². The monoisotopic (exact) mass is 295 g/mol. The number of rotatable bonds is 2. The molecule has 1 saturated carbocycles. The SMILES string of the molecule is CC1(C)C(C(=O)Nc2ccc(Br)cc2)C1(C)C. The first-order chi connectivity index (χ1) is 7.76. The van der Waals surface area contributed by atoms with Gasteiger partial charge < -0.3 is 5.32 Å². The number of anilines is 1. The molecule has 17 heavy (non-hydrogen) atoms.